The largest absolute Gasteiger partial charge is 0.507 e. The number of rotatable bonds is 8. The molecule has 0 atom stereocenters. The maximum Gasteiger partial charge on any atom is 0.343 e. The number of benzene rings is 3. The van der Waals surface area contributed by atoms with Gasteiger partial charge in [-0.05, 0) is 67.1 Å². The van der Waals surface area contributed by atoms with E-state index >= 15 is 0 Å². The molecule has 0 bridgehead atoms. The molecule has 0 unspecified atom stereocenters. The van der Waals surface area contributed by atoms with Gasteiger partial charge in [0.2, 0.25) is 0 Å². The first-order valence-corrected chi connectivity index (χ1v) is 10.0. The molecule has 154 valence electrons. The third kappa shape index (κ3) is 6.09. The van der Waals surface area contributed by atoms with Crippen molar-refractivity contribution in [2.24, 2.45) is 4.99 Å². The fraction of sp³-hybridized carbons (Fsp3) is 0.167. The minimum Gasteiger partial charge on any atom is -0.507 e. The lowest BCUT2D eigenvalue weighted by Gasteiger charge is -2.08. The van der Waals surface area contributed by atoms with Crippen molar-refractivity contribution in [2.75, 3.05) is 6.61 Å². The van der Waals surface area contributed by atoms with Crippen LogP contribution >= 0.6 is 11.6 Å². The maximum absolute atomic E-state index is 12.3. The number of unbranched alkanes of at least 4 members (excludes halogenated alkanes) is 1. The molecule has 0 aliphatic rings. The van der Waals surface area contributed by atoms with E-state index < -0.39 is 5.97 Å². The molecule has 1 N–H and O–H groups in total. The van der Waals surface area contributed by atoms with Gasteiger partial charge in [-0.1, -0.05) is 24.9 Å². The van der Waals surface area contributed by atoms with Gasteiger partial charge in [0.25, 0.3) is 0 Å². The molecule has 0 radical (unpaired) electrons. The molecule has 0 amide bonds. The lowest BCUT2D eigenvalue weighted by molar-refractivity contribution is 0.0734. The van der Waals surface area contributed by atoms with E-state index in [1.807, 2.05) is 0 Å². The van der Waals surface area contributed by atoms with Crippen molar-refractivity contribution in [1.29, 1.82) is 0 Å². The first-order chi connectivity index (χ1) is 14.5. The Morgan fingerprint density at radius 1 is 1.03 bits per heavy atom. The molecule has 0 fully saturated rings. The number of esters is 1. The van der Waals surface area contributed by atoms with Crippen molar-refractivity contribution in [3.8, 4) is 17.2 Å². The van der Waals surface area contributed by atoms with Gasteiger partial charge in [0, 0.05) is 22.9 Å². The molecule has 0 aliphatic carbocycles. The van der Waals surface area contributed by atoms with E-state index in [0.29, 0.717) is 34.2 Å². The highest BCUT2D eigenvalue weighted by Crippen LogP contribution is 2.24. The Labute approximate surface area is 180 Å². The Balaban J connectivity index is 1.62. The highest BCUT2D eigenvalue weighted by Gasteiger charge is 2.10. The molecule has 0 saturated carbocycles. The van der Waals surface area contributed by atoms with Crippen molar-refractivity contribution in [3.63, 3.8) is 0 Å². The average Bonchev–Trinajstić information content (AvgIpc) is 2.75. The molecule has 0 aliphatic heterocycles. The van der Waals surface area contributed by atoms with Crippen LogP contribution in [0.5, 0.6) is 17.2 Å². The third-order valence-corrected chi connectivity index (χ3v) is 4.50. The van der Waals surface area contributed by atoms with Crippen molar-refractivity contribution in [3.05, 3.63) is 82.9 Å². The Hall–Kier alpha value is -3.31. The second-order valence-corrected chi connectivity index (χ2v) is 7.01. The number of aromatic hydroxyl groups is 1. The summed E-state index contributed by atoms with van der Waals surface area (Å²) in [5.74, 6) is 0.390. The molecule has 5 nitrogen and oxygen atoms in total. The molecule has 0 aromatic heterocycles. The molecule has 3 aromatic rings. The highest BCUT2D eigenvalue weighted by atomic mass is 35.5. The number of carbonyl (C=O) groups is 1. The molecule has 30 heavy (non-hydrogen) atoms. The fourth-order valence-corrected chi connectivity index (χ4v) is 2.68. The van der Waals surface area contributed by atoms with E-state index in [-0.39, 0.29) is 11.5 Å². The van der Waals surface area contributed by atoms with Gasteiger partial charge in [0.15, 0.2) is 0 Å². The first kappa shape index (κ1) is 21.4. The number of phenolic OH excluding ortho intramolecular Hbond substituents is 1. The van der Waals surface area contributed by atoms with Crippen LogP contribution in [0.1, 0.15) is 35.7 Å². The summed E-state index contributed by atoms with van der Waals surface area (Å²) < 4.78 is 10.9. The number of nitrogens with zero attached hydrogens (tertiary/aromatic N) is 1. The molecule has 0 heterocycles. The molecular formula is C24H22ClNO4. The van der Waals surface area contributed by atoms with Gasteiger partial charge in [0.05, 0.1) is 17.9 Å². The second kappa shape index (κ2) is 10.5. The summed E-state index contributed by atoms with van der Waals surface area (Å²) in [5, 5.41) is 10.8. The fourth-order valence-electron chi connectivity index (χ4n) is 2.55. The zero-order valence-electron chi connectivity index (χ0n) is 16.5. The maximum atomic E-state index is 12.3. The van der Waals surface area contributed by atoms with Gasteiger partial charge < -0.3 is 14.6 Å². The topological polar surface area (TPSA) is 68.1 Å². The van der Waals surface area contributed by atoms with Crippen molar-refractivity contribution in [2.45, 2.75) is 19.8 Å². The van der Waals surface area contributed by atoms with Crippen LogP contribution in [0.4, 0.5) is 5.69 Å². The number of hydrogen-bond donors (Lipinski definition) is 1. The van der Waals surface area contributed by atoms with Gasteiger partial charge in [0.1, 0.15) is 17.2 Å². The highest BCUT2D eigenvalue weighted by molar-refractivity contribution is 6.30. The van der Waals surface area contributed by atoms with Gasteiger partial charge in [-0.25, -0.2) is 4.79 Å². The minimum absolute atomic E-state index is 0.0438. The van der Waals surface area contributed by atoms with E-state index in [4.69, 9.17) is 21.1 Å². The summed E-state index contributed by atoms with van der Waals surface area (Å²) in [5.41, 5.74) is 1.60. The van der Waals surface area contributed by atoms with E-state index in [9.17, 15) is 9.90 Å². The summed E-state index contributed by atoms with van der Waals surface area (Å²) in [6.45, 7) is 2.74. The first-order valence-electron chi connectivity index (χ1n) is 9.63. The summed E-state index contributed by atoms with van der Waals surface area (Å²) in [6.07, 6.45) is 3.57. The second-order valence-electron chi connectivity index (χ2n) is 6.57. The molecule has 3 aromatic carbocycles. The van der Waals surface area contributed by atoms with Gasteiger partial charge in [-0.2, -0.15) is 0 Å². The van der Waals surface area contributed by atoms with Crippen LogP contribution in [-0.4, -0.2) is 23.9 Å². The smallest absolute Gasteiger partial charge is 0.343 e. The van der Waals surface area contributed by atoms with Crippen LogP contribution in [-0.2, 0) is 0 Å². The summed E-state index contributed by atoms with van der Waals surface area (Å²) in [7, 11) is 0. The molecule has 6 heteroatoms. The van der Waals surface area contributed by atoms with Crippen LogP contribution in [0.15, 0.2) is 71.7 Å². The standard InChI is InChI=1S/C24H22ClNO4/c1-2-3-14-29-21-11-4-17(5-12-21)24(28)30-22-13-6-18(23(27)15-22)16-26-20-9-7-19(25)8-10-20/h4-13,15-16,27H,2-3,14H2,1H3. The summed E-state index contributed by atoms with van der Waals surface area (Å²) >= 11 is 5.85. The average molecular weight is 424 g/mol. The minimum atomic E-state index is -0.517. The number of phenols is 1. The van der Waals surface area contributed by atoms with E-state index in [0.717, 1.165) is 12.8 Å². The lowest BCUT2D eigenvalue weighted by Crippen LogP contribution is -2.08. The van der Waals surface area contributed by atoms with Crippen LogP contribution in [0.3, 0.4) is 0 Å². The lowest BCUT2D eigenvalue weighted by atomic mass is 10.2. The van der Waals surface area contributed by atoms with Crippen molar-refractivity contribution < 1.29 is 19.4 Å². The van der Waals surface area contributed by atoms with Gasteiger partial charge in [-0.15, -0.1) is 0 Å². The Morgan fingerprint density at radius 2 is 1.73 bits per heavy atom. The van der Waals surface area contributed by atoms with Crippen LogP contribution in [0.25, 0.3) is 0 Å². The SMILES string of the molecule is CCCCOc1ccc(C(=O)Oc2ccc(C=Nc3ccc(Cl)cc3)c(O)c2)cc1. The van der Waals surface area contributed by atoms with E-state index in [1.165, 1.54) is 12.3 Å². The third-order valence-electron chi connectivity index (χ3n) is 4.25. The summed E-state index contributed by atoms with van der Waals surface area (Å²) in [4.78, 5) is 16.6. The Morgan fingerprint density at radius 3 is 2.40 bits per heavy atom. The number of halogens is 1. The van der Waals surface area contributed by atoms with Crippen LogP contribution in [0, 0.1) is 0 Å². The zero-order valence-corrected chi connectivity index (χ0v) is 17.3. The number of carbonyl (C=O) groups excluding carboxylic acids is 1. The quantitative estimate of drug-likeness (QED) is 0.203. The monoisotopic (exact) mass is 423 g/mol. The van der Waals surface area contributed by atoms with Crippen LogP contribution in [0.2, 0.25) is 5.02 Å². The van der Waals surface area contributed by atoms with Crippen molar-refractivity contribution in [1.82, 2.24) is 0 Å². The van der Waals surface area contributed by atoms with E-state index in [1.54, 1.807) is 60.7 Å². The van der Waals surface area contributed by atoms with Gasteiger partial charge in [-0.3, -0.25) is 4.99 Å². The Kier molecular flexibility index (Phi) is 7.46. The molecular weight excluding hydrogens is 402 g/mol. The molecule has 0 spiro atoms. The number of aliphatic imine (C=N–C) groups is 1. The molecule has 3 rings (SSSR count). The normalized spacial score (nSPS) is 10.9. The van der Waals surface area contributed by atoms with Crippen molar-refractivity contribution >= 4 is 29.5 Å². The number of hydrogen-bond acceptors (Lipinski definition) is 5. The zero-order chi connectivity index (χ0) is 21.3. The predicted molar refractivity (Wildman–Crippen MR) is 119 cm³/mol. The Bertz CT molecular complexity index is 1010. The summed E-state index contributed by atoms with van der Waals surface area (Å²) in [6, 6.07) is 18.4. The molecule has 0 saturated heterocycles. The van der Waals surface area contributed by atoms with E-state index in [2.05, 4.69) is 11.9 Å². The predicted octanol–water partition coefficient (Wildman–Crippen LogP) is 6.19. The van der Waals surface area contributed by atoms with Gasteiger partial charge >= 0.3 is 5.97 Å². The van der Waals surface area contributed by atoms with Crippen LogP contribution < -0.4 is 9.47 Å². The number of ether oxygens (including phenoxy) is 2.